The SMILES string of the molecule is Cc1ccccc1CCNC(=O)CN(CC(N)=O)C(C)C. The standard InChI is InChI=1S/C16H25N3O2/c1-12(2)19(10-15(17)20)11-16(21)18-9-8-14-7-5-4-6-13(14)3/h4-7,12H,8-11H2,1-3H3,(H2,17,20)(H,18,21). The Morgan fingerprint density at radius 2 is 1.90 bits per heavy atom. The lowest BCUT2D eigenvalue weighted by atomic mass is 10.1. The maximum absolute atomic E-state index is 11.9. The van der Waals surface area contributed by atoms with Crippen LogP contribution < -0.4 is 11.1 Å². The van der Waals surface area contributed by atoms with Crippen molar-refractivity contribution in [2.24, 2.45) is 5.73 Å². The van der Waals surface area contributed by atoms with Crippen LogP contribution in [0.1, 0.15) is 25.0 Å². The highest BCUT2D eigenvalue weighted by Crippen LogP contribution is 2.06. The van der Waals surface area contributed by atoms with E-state index in [1.807, 2.05) is 26.0 Å². The van der Waals surface area contributed by atoms with Crippen LogP contribution in [-0.2, 0) is 16.0 Å². The highest BCUT2D eigenvalue weighted by Gasteiger charge is 2.15. The van der Waals surface area contributed by atoms with Crippen LogP contribution in [0.2, 0.25) is 0 Å². The average Bonchev–Trinajstić information content (AvgIpc) is 2.39. The Bertz CT molecular complexity index is 486. The van der Waals surface area contributed by atoms with Crippen molar-refractivity contribution in [1.29, 1.82) is 0 Å². The van der Waals surface area contributed by atoms with Crippen LogP contribution in [0.4, 0.5) is 0 Å². The highest BCUT2D eigenvalue weighted by molar-refractivity contribution is 5.80. The van der Waals surface area contributed by atoms with Crippen molar-refractivity contribution in [2.45, 2.75) is 33.2 Å². The van der Waals surface area contributed by atoms with Gasteiger partial charge in [0.1, 0.15) is 0 Å². The summed E-state index contributed by atoms with van der Waals surface area (Å²) >= 11 is 0. The van der Waals surface area contributed by atoms with Gasteiger partial charge in [-0.25, -0.2) is 0 Å². The lowest BCUT2D eigenvalue weighted by Crippen LogP contribution is -2.45. The minimum Gasteiger partial charge on any atom is -0.369 e. The molecule has 0 bridgehead atoms. The number of hydrogen-bond donors (Lipinski definition) is 2. The minimum atomic E-state index is -0.420. The van der Waals surface area contributed by atoms with Gasteiger partial charge in [0.05, 0.1) is 13.1 Å². The van der Waals surface area contributed by atoms with Gasteiger partial charge in [0.2, 0.25) is 11.8 Å². The first-order valence-corrected chi connectivity index (χ1v) is 7.23. The van der Waals surface area contributed by atoms with Crippen molar-refractivity contribution < 1.29 is 9.59 Å². The van der Waals surface area contributed by atoms with E-state index in [1.165, 1.54) is 11.1 Å². The number of primary amides is 1. The second kappa shape index (κ2) is 8.42. The summed E-state index contributed by atoms with van der Waals surface area (Å²) in [5, 5.41) is 2.88. The third kappa shape index (κ3) is 6.40. The van der Waals surface area contributed by atoms with Gasteiger partial charge in [0.25, 0.3) is 0 Å². The molecule has 1 aromatic carbocycles. The lowest BCUT2D eigenvalue weighted by molar-refractivity contribution is -0.124. The zero-order valence-corrected chi connectivity index (χ0v) is 13.1. The number of nitrogens with two attached hydrogens (primary N) is 1. The Morgan fingerprint density at radius 3 is 2.48 bits per heavy atom. The van der Waals surface area contributed by atoms with Crippen molar-refractivity contribution in [3.8, 4) is 0 Å². The summed E-state index contributed by atoms with van der Waals surface area (Å²) in [7, 11) is 0. The van der Waals surface area contributed by atoms with E-state index in [0.29, 0.717) is 6.54 Å². The largest absolute Gasteiger partial charge is 0.369 e. The fourth-order valence-corrected chi connectivity index (χ4v) is 2.09. The van der Waals surface area contributed by atoms with E-state index in [2.05, 4.69) is 24.4 Å². The monoisotopic (exact) mass is 291 g/mol. The first-order valence-electron chi connectivity index (χ1n) is 7.23. The Hall–Kier alpha value is -1.88. The third-order valence-electron chi connectivity index (χ3n) is 3.41. The predicted molar refractivity (Wildman–Crippen MR) is 83.8 cm³/mol. The van der Waals surface area contributed by atoms with Gasteiger partial charge in [-0.2, -0.15) is 0 Å². The van der Waals surface area contributed by atoms with Crippen LogP contribution in [-0.4, -0.2) is 42.4 Å². The molecule has 0 saturated heterocycles. The number of carbonyl (C=O) groups excluding carboxylic acids is 2. The molecule has 116 valence electrons. The number of carbonyl (C=O) groups is 2. The zero-order chi connectivity index (χ0) is 15.8. The number of hydrogen-bond acceptors (Lipinski definition) is 3. The number of aryl methyl sites for hydroxylation is 1. The van der Waals surface area contributed by atoms with Gasteiger partial charge in [-0.05, 0) is 38.3 Å². The van der Waals surface area contributed by atoms with Crippen LogP contribution in [0, 0.1) is 6.92 Å². The van der Waals surface area contributed by atoms with E-state index in [1.54, 1.807) is 4.90 Å². The highest BCUT2D eigenvalue weighted by atomic mass is 16.2. The Kier molecular flexibility index (Phi) is 6.88. The molecule has 0 aliphatic carbocycles. The van der Waals surface area contributed by atoms with E-state index < -0.39 is 5.91 Å². The fourth-order valence-electron chi connectivity index (χ4n) is 2.09. The molecule has 0 aliphatic rings. The molecule has 0 fully saturated rings. The molecule has 0 aliphatic heterocycles. The number of nitrogens with zero attached hydrogens (tertiary/aromatic N) is 1. The van der Waals surface area contributed by atoms with Crippen LogP contribution in [0.5, 0.6) is 0 Å². The van der Waals surface area contributed by atoms with Gasteiger partial charge < -0.3 is 11.1 Å². The van der Waals surface area contributed by atoms with Gasteiger partial charge in [-0.1, -0.05) is 24.3 Å². The molecule has 5 heteroatoms. The molecule has 0 heterocycles. The van der Waals surface area contributed by atoms with Crippen molar-refractivity contribution in [3.63, 3.8) is 0 Å². The zero-order valence-electron chi connectivity index (χ0n) is 13.1. The van der Waals surface area contributed by atoms with Crippen LogP contribution in [0.15, 0.2) is 24.3 Å². The van der Waals surface area contributed by atoms with E-state index in [9.17, 15) is 9.59 Å². The van der Waals surface area contributed by atoms with Crippen LogP contribution in [0.25, 0.3) is 0 Å². The first-order chi connectivity index (χ1) is 9.90. The van der Waals surface area contributed by atoms with E-state index >= 15 is 0 Å². The Balaban J connectivity index is 2.39. The van der Waals surface area contributed by atoms with Crippen molar-refractivity contribution in [2.75, 3.05) is 19.6 Å². The summed E-state index contributed by atoms with van der Waals surface area (Å²) in [4.78, 5) is 24.6. The predicted octanol–water partition coefficient (Wildman–Crippen LogP) is 0.849. The molecule has 0 unspecified atom stereocenters. The second-order valence-corrected chi connectivity index (χ2v) is 5.49. The summed E-state index contributed by atoms with van der Waals surface area (Å²) in [5.41, 5.74) is 7.65. The quantitative estimate of drug-likeness (QED) is 0.745. The second-order valence-electron chi connectivity index (χ2n) is 5.49. The summed E-state index contributed by atoms with van der Waals surface area (Å²) in [5.74, 6) is -0.505. The summed E-state index contributed by atoms with van der Waals surface area (Å²) < 4.78 is 0. The molecule has 3 N–H and O–H groups in total. The molecule has 21 heavy (non-hydrogen) atoms. The van der Waals surface area contributed by atoms with E-state index in [-0.39, 0.29) is 25.0 Å². The average molecular weight is 291 g/mol. The lowest BCUT2D eigenvalue weighted by Gasteiger charge is -2.24. The molecule has 2 amide bonds. The number of amides is 2. The Morgan fingerprint density at radius 1 is 1.24 bits per heavy atom. The van der Waals surface area contributed by atoms with Gasteiger partial charge in [-0.3, -0.25) is 14.5 Å². The van der Waals surface area contributed by atoms with Crippen molar-refractivity contribution >= 4 is 11.8 Å². The Labute approximate surface area is 126 Å². The van der Waals surface area contributed by atoms with Gasteiger partial charge in [-0.15, -0.1) is 0 Å². The minimum absolute atomic E-state index is 0.0847. The van der Waals surface area contributed by atoms with Gasteiger partial charge >= 0.3 is 0 Å². The van der Waals surface area contributed by atoms with E-state index in [4.69, 9.17) is 5.73 Å². The summed E-state index contributed by atoms with van der Waals surface area (Å²) in [6.07, 6.45) is 0.801. The van der Waals surface area contributed by atoms with Gasteiger partial charge in [0, 0.05) is 12.6 Å². The van der Waals surface area contributed by atoms with E-state index in [0.717, 1.165) is 6.42 Å². The molecule has 0 aromatic heterocycles. The number of nitrogens with one attached hydrogen (secondary N) is 1. The van der Waals surface area contributed by atoms with Crippen LogP contribution in [0.3, 0.4) is 0 Å². The first kappa shape index (κ1) is 17.2. The molecule has 0 atom stereocenters. The molecular weight excluding hydrogens is 266 g/mol. The maximum atomic E-state index is 11.9. The molecule has 1 rings (SSSR count). The van der Waals surface area contributed by atoms with Gasteiger partial charge in [0.15, 0.2) is 0 Å². The van der Waals surface area contributed by atoms with Crippen molar-refractivity contribution in [3.05, 3.63) is 35.4 Å². The van der Waals surface area contributed by atoms with Crippen molar-refractivity contribution in [1.82, 2.24) is 10.2 Å². The summed E-state index contributed by atoms with van der Waals surface area (Å²) in [6.45, 7) is 6.81. The fraction of sp³-hybridized carbons (Fsp3) is 0.500. The smallest absolute Gasteiger partial charge is 0.234 e. The number of benzene rings is 1. The molecule has 5 nitrogen and oxygen atoms in total. The third-order valence-corrected chi connectivity index (χ3v) is 3.41. The van der Waals surface area contributed by atoms with Crippen LogP contribution >= 0.6 is 0 Å². The maximum Gasteiger partial charge on any atom is 0.234 e. The topological polar surface area (TPSA) is 75.4 Å². The molecule has 0 radical (unpaired) electrons. The molecule has 0 spiro atoms. The normalized spacial score (nSPS) is 10.9. The molecular formula is C16H25N3O2. The number of rotatable bonds is 8. The molecule has 1 aromatic rings. The summed E-state index contributed by atoms with van der Waals surface area (Å²) in [6, 6.07) is 8.22. The molecule has 0 saturated carbocycles.